The summed E-state index contributed by atoms with van der Waals surface area (Å²) in [6.45, 7) is 1.51. The first-order chi connectivity index (χ1) is 10.1. The van der Waals surface area contributed by atoms with Crippen LogP contribution < -0.4 is 4.90 Å². The van der Waals surface area contributed by atoms with Gasteiger partial charge in [0.2, 0.25) is 0 Å². The van der Waals surface area contributed by atoms with Gasteiger partial charge in [-0.15, -0.1) is 0 Å². The Kier molecular flexibility index (Phi) is 4.10. The van der Waals surface area contributed by atoms with Crippen molar-refractivity contribution in [3.63, 3.8) is 0 Å². The van der Waals surface area contributed by atoms with E-state index in [1.54, 1.807) is 0 Å². The molecule has 0 bridgehead atoms. The number of anilines is 1. The number of nitrogens with zero attached hydrogens (tertiary/aromatic N) is 2. The molecule has 5 heteroatoms. The summed E-state index contributed by atoms with van der Waals surface area (Å²) >= 11 is 0. The van der Waals surface area contributed by atoms with Crippen molar-refractivity contribution in [2.24, 2.45) is 0 Å². The van der Waals surface area contributed by atoms with Gasteiger partial charge >= 0.3 is 5.97 Å². The molecule has 0 amide bonds. The van der Waals surface area contributed by atoms with Gasteiger partial charge in [0.15, 0.2) is 0 Å². The summed E-state index contributed by atoms with van der Waals surface area (Å²) in [4.78, 5) is 18.1. The first kappa shape index (κ1) is 14.3. The molecule has 1 aliphatic heterocycles. The van der Waals surface area contributed by atoms with Crippen LogP contribution in [0.1, 0.15) is 47.3 Å². The van der Waals surface area contributed by atoms with Gasteiger partial charge in [-0.1, -0.05) is 0 Å². The van der Waals surface area contributed by atoms with Crippen molar-refractivity contribution in [2.75, 3.05) is 25.1 Å². The van der Waals surface area contributed by atoms with Crippen molar-refractivity contribution in [1.82, 2.24) is 4.98 Å². The van der Waals surface area contributed by atoms with Gasteiger partial charge in [0.25, 0.3) is 0 Å². The number of fused-ring (bicyclic) bond motifs is 1. The number of rotatable bonds is 4. The molecule has 21 heavy (non-hydrogen) atoms. The topological polar surface area (TPSA) is 62.7 Å². The maximum Gasteiger partial charge on any atom is 0.339 e. The number of hydrogen-bond acceptors (Lipinski definition) is 4. The normalized spacial score (nSPS) is 21.1. The van der Waals surface area contributed by atoms with Crippen LogP contribution in [0.5, 0.6) is 0 Å². The highest BCUT2D eigenvalue weighted by Gasteiger charge is 2.24. The van der Waals surface area contributed by atoms with Crippen LogP contribution in [0.3, 0.4) is 0 Å². The molecule has 3 rings (SSSR count). The highest BCUT2D eigenvalue weighted by atomic mass is 16.5. The minimum atomic E-state index is -0.899. The van der Waals surface area contributed by atoms with Crippen molar-refractivity contribution in [1.29, 1.82) is 0 Å². The van der Waals surface area contributed by atoms with Crippen molar-refractivity contribution in [2.45, 2.75) is 44.6 Å². The molecule has 1 fully saturated rings. The van der Waals surface area contributed by atoms with Crippen LogP contribution in [0.25, 0.3) is 0 Å². The van der Waals surface area contributed by atoms with Gasteiger partial charge in [-0.2, -0.15) is 0 Å². The van der Waals surface area contributed by atoms with Gasteiger partial charge in [-0.05, 0) is 50.2 Å². The van der Waals surface area contributed by atoms with Gasteiger partial charge in [0, 0.05) is 25.9 Å². The first-order valence-electron chi connectivity index (χ1n) is 7.74. The zero-order chi connectivity index (χ0) is 14.8. The maximum atomic E-state index is 11.5. The Hall–Kier alpha value is -1.62. The fourth-order valence-corrected chi connectivity index (χ4v) is 3.25. The number of carbonyl (C=O) groups is 1. The van der Waals surface area contributed by atoms with E-state index >= 15 is 0 Å². The van der Waals surface area contributed by atoms with E-state index in [0.29, 0.717) is 17.9 Å². The Morgan fingerprint density at radius 3 is 3.00 bits per heavy atom. The molecule has 0 aromatic carbocycles. The van der Waals surface area contributed by atoms with Gasteiger partial charge in [-0.3, -0.25) is 0 Å². The van der Waals surface area contributed by atoms with Crippen LogP contribution in [0.4, 0.5) is 5.82 Å². The summed E-state index contributed by atoms with van der Waals surface area (Å²) < 4.78 is 5.75. The van der Waals surface area contributed by atoms with E-state index < -0.39 is 5.97 Å². The fraction of sp³-hybridized carbons (Fsp3) is 0.625. The molecular formula is C16H22N2O3. The molecule has 2 heterocycles. The molecule has 5 nitrogen and oxygen atoms in total. The molecule has 2 aliphatic rings. The second-order valence-electron chi connectivity index (χ2n) is 5.99. The van der Waals surface area contributed by atoms with Crippen molar-refractivity contribution in [3.05, 3.63) is 22.9 Å². The summed E-state index contributed by atoms with van der Waals surface area (Å²) in [5.41, 5.74) is 2.47. The van der Waals surface area contributed by atoms with Crippen LogP contribution in [-0.2, 0) is 17.6 Å². The molecule has 1 N–H and O–H groups in total. The lowest BCUT2D eigenvalue weighted by Gasteiger charge is -2.29. The monoisotopic (exact) mass is 290 g/mol. The molecule has 0 spiro atoms. The van der Waals surface area contributed by atoms with Crippen LogP contribution in [0, 0.1) is 0 Å². The zero-order valence-corrected chi connectivity index (χ0v) is 12.5. The Morgan fingerprint density at radius 2 is 2.29 bits per heavy atom. The lowest BCUT2D eigenvalue weighted by Crippen LogP contribution is -2.34. The third kappa shape index (κ3) is 3.02. The van der Waals surface area contributed by atoms with E-state index in [1.807, 2.05) is 18.0 Å². The molecule has 1 saturated heterocycles. The quantitative estimate of drug-likeness (QED) is 0.921. The smallest absolute Gasteiger partial charge is 0.339 e. The number of likely N-dealkylation sites (N-methyl/N-ethyl adjacent to an activating group) is 1. The Balaban J connectivity index is 1.83. The van der Waals surface area contributed by atoms with E-state index in [2.05, 4.69) is 4.98 Å². The number of aromatic carboxylic acids is 1. The zero-order valence-electron chi connectivity index (χ0n) is 12.5. The Bertz CT molecular complexity index is 539. The first-order valence-corrected chi connectivity index (χ1v) is 7.74. The number of aromatic nitrogens is 1. The standard InChI is InChI=1S/C16H22N2O3/c1-18(10-12-6-2-3-8-21-12)15-13(16(19)20)9-11-5-4-7-14(11)17-15/h9,12H,2-8,10H2,1H3,(H,19,20). The maximum absolute atomic E-state index is 11.5. The average Bonchev–Trinajstić information content (AvgIpc) is 2.94. The molecule has 0 saturated carbocycles. The molecular weight excluding hydrogens is 268 g/mol. The molecule has 1 unspecified atom stereocenters. The molecule has 0 radical (unpaired) electrons. The second-order valence-corrected chi connectivity index (χ2v) is 5.99. The van der Waals surface area contributed by atoms with E-state index in [-0.39, 0.29) is 6.10 Å². The predicted molar refractivity (Wildman–Crippen MR) is 80.1 cm³/mol. The molecule has 1 aromatic rings. The number of carboxylic acid groups (broad SMARTS) is 1. The third-order valence-corrected chi connectivity index (χ3v) is 4.37. The van der Waals surface area contributed by atoms with Gasteiger partial charge in [0.05, 0.1) is 6.10 Å². The van der Waals surface area contributed by atoms with Crippen LogP contribution >= 0.6 is 0 Å². The molecule has 1 atom stereocenters. The molecule has 1 aromatic heterocycles. The summed E-state index contributed by atoms with van der Waals surface area (Å²) in [6, 6.07) is 1.81. The second kappa shape index (κ2) is 6.02. The van der Waals surface area contributed by atoms with Crippen LogP contribution in [0.15, 0.2) is 6.07 Å². The van der Waals surface area contributed by atoms with Crippen LogP contribution in [0.2, 0.25) is 0 Å². The number of pyridine rings is 1. The summed E-state index contributed by atoms with van der Waals surface area (Å²) in [5, 5.41) is 9.45. The van der Waals surface area contributed by atoms with E-state index in [9.17, 15) is 9.90 Å². The minimum Gasteiger partial charge on any atom is -0.478 e. The Morgan fingerprint density at radius 1 is 1.43 bits per heavy atom. The number of carboxylic acids is 1. The minimum absolute atomic E-state index is 0.181. The average molecular weight is 290 g/mol. The Labute approximate surface area is 124 Å². The molecule has 114 valence electrons. The summed E-state index contributed by atoms with van der Waals surface area (Å²) in [7, 11) is 1.91. The number of ether oxygens (including phenoxy) is 1. The van der Waals surface area contributed by atoms with Crippen molar-refractivity contribution < 1.29 is 14.6 Å². The largest absolute Gasteiger partial charge is 0.478 e. The third-order valence-electron chi connectivity index (χ3n) is 4.37. The van der Waals surface area contributed by atoms with Gasteiger partial charge in [0.1, 0.15) is 11.4 Å². The number of hydrogen-bond donors (Lipinski definition) is 1. The van der Waals surface area contributed by atoms with Crippen molar-refractivity contribution in [3.8, 4) is 0 Å². The summed E-state index contributed by atoms with van der Waals surface area (Å²) in [5.74, 6) is -0.319. The fourth-order valence-electron chi connectivity index (χ4n) is 3.25. The highest BCUT2D eigenvalue weighted by Crippen LogP contribution is 2.27. The summed E-state index contributed by atoms with van der Waals surface area (Å²) in [6.07, 6.45) is 6.49. The van der Waals surface area contributed by atoms with Crippen molar-refractivity contribution >= 4 is 11.8 Å². The number of aryl methyl sites for hydroxylation is 2. The van der Waals surface area contributed by atoms with E-state index in [0.717, 1.165) is 50.0 Å². The lowest BCUT2D eigenvalue weighted by atomic mass is 10.1. The highest BCUT2D eigenvalue weighted by molar-refractivity contribution is 5.93. The predicted octanol–water partition coefficient (Wildman–Crippen LogP) is 2.27. The van der Waals surface area contributed by atoms with E-state index in [1.165, 1.54) is 6.42 Å². The lowest BCUT2D eigenvalue weighted by molar-refractivity contribution is 0.0215. The SMILES string of the molecule is CN(CC1CCCCO1)c1nc2c(cc1C(=O)O)CCC2. The van der Waals surface area contributed by atoms with Crippen LogP contribution in [-0.4, -0.2) is 42.4 Å². The molecule has 1 aliphatic carbocycles. The van der Waals surface area contributed by atoms with Gasteiger partial charge < -0.3 is 14.7 Å². The van der Waals surface area contributed by atoms with Gasteiger partial charge in [-0.25, -0.2) is 9.78 Å². The van der Waals surface area contributed by atoms with E-state index in [4.69, 9.17) is 4.74 Å².